The smallest absolute Gasteiger partial charge is 0.231 e. The second kappa shape index (κ2) is 10.2. The van der Waals surface area contributed by atoms with Crippen molar-refractivity contribution in [3.05, 3.63) is 99.5 Å². The van der Waals surface area contributed by atoms with Crippen LogP contribution in [-0.2, 0) is 4.79 Å². The summed E-state index contributed by atoms with van der Waals surface area (Å²) < 4.78 is 6.11. The Kier molecular flexibility index (Phi) is 7.30. The second-order valence-corrected chi connectivity index (χ2v) is 9.84. The maximum absolute atomic E-state index is 13.7. The molecule has 0 bridgehead atoms. The lowest BCUT2D eigenvalue weighted by atomic mass is 9.93. The van der Waals surface area contributed by atoms with Gasteiger partial charge in [0.2, 0.25) is 5.91 Å². The van der Waals surface area contributed by atoms with E-state index in [-0.39, 0.29) is 30.0 Å². The molecule has 1 heterocycles. The summed E-state index contributed by atoms with van der Waals surface area (Å²) in [6, 6.07) is 22.4. The zero-order valence-corrected chi connectivity index (χ0v) is 21.2. The molecule has 34 heavy (non-hydrogen) atoms. The number of hydrogen-bond acceptors (Lipinski definition) is 3. The molecule has 0 N–H and O–H groups in total. The van der Waals surface area contributed by atoms with Crippen molar-refractivity contribution in [1.29, 1.82) is 0 Å². The highest BCUT2D eigenvalue weighted by Crippen LogP contribution is 2.45. The van der Waals surface area contributed by atoms with Gasteiger partial charge in [-0.05, 0) is 61.4 Å². The first-order chi connectivity index (χ1) is 16.3. The molecule has 0 saturated heterocycles. The highest BCUT2D eigenvalue weighted by molar-refractivity contribution is 6.30. The number of hydrogen-bond donors (Lipinski definition) is 0. The molecule has 6 heteroatoms. The van der Waals surface area contributed by atoms with Crippen molar-refractivity contribution in [3.63, 3.8) is 0 Å². The molecule has 0 aromatic heterocycles. The van der Waals surface area contributed by atoms with Crippen molar-refractivity contribution < 1.29 is 9.53 Å². The summed E-state index contributed by atoms with van der Waals surface area (Å²) in [5.41, 5.74) is 2.73. The van der Waals surface area contributed by atoms with Crippen LogP contribution >= 0.6 is 23.2 Å². The van der Waals surface area contributed by atoms with Crippen LogP contribution in [-0.4, -0.2) is 22.7 Å². The lowest BCUT2D eigenvalue weighted by Crippen LogP contribution is -2.40. The number of nitrogens with zero attached hydrogens (tertiary/aromatic N) is 2. The van der Waals surface area contributed by atoms with E-state index in [0.29, 0.717) is 21.6 Å². The van der Waals surface area contributed by atoms with Crippen molar-refractivity contribution in [3.8, 4) is 5.75 Å². The molecule has 0 spiro atoms. The standard InChI is InChI=1S/C28H28Cl2N2O2/c1-17(2)28(33)32-26(20-11-15-22(30)16-12-20)25(19-9-13-21(29)14-10-19)31-27(32)23-7-5-6-8-24(23)34-18(3)4/h5-18,25-26H,1-4H3. The van der Waals surface area contributed by atoms with Gasteiger partial charge in [0.15, 0.2) is 0 Å². The van der Waals surface area contributed by atoms with Gasteiger partial charge in [0.05, 0.1) is 17.7 Å². The minimum Gasteiger partial charge on any atom is -0.490 e. The van der Waals surface area contributed by atoms with E-state index in [1.165, 1.54) is 0 Å². The lowest BCUT2D eigenvalue weighted by molar-refractivity contribution is -0.132. The summed E-state index contributed by atoms with van der Waals surface area (Å²) in [7, 11) is 0. The molecule has 4 nitrogen and oxygen atoms in total. The molecule has 1 aliphatic heterocycles. The van der Waals surface area contributed by atoms with Crippen LogP contribution in [0.5, 0.6) is 5.75 Å². The number of amides is 1. The summed E-state index contributed by atoms with van der Waals surface area (Å²) in [5.74, 6) is 1.08. The number of benzene rings is 3. The number of carbonyl (C=O) groups excluding carboxylic acids is 1. The fraction of sp³-hybridized carbons (Fsp3) is 0.286. The van der Waals surface area contributed by atoms with Crippen LogP contribution < -0.4 is 4.74 Å². The van der Waals surface area contributed by atoms with E-state index in [2.05, 4.69) is 0 Å². The van der Waals surface area contributed by atoms with Gasteiger partial charge < -0.3 is 4.74 Å². The Morgan fingerprint density at radius 1 is 0.853 bits per heavy atom. The summed E-state index contributed by atoms with van der Waals surface area (Å²) in [6.45, 7) is 7.78. The zero-order chi connectivity index (χ0) is 24.4. The third-order valence-electron chi connectivity index (χ3n) is 5.71. The van der Waals surface area contributed by atoms with Crippen molar-refractivity contribution in [2.45, 2.75) is 45.9 Å². The molecule has 3 aromatic rings. The average Bonchev–Trinajstić information content (AvgIpc) is 3.19. The normalized spacial score (nSPS) is 17.9. The highest BCUT2D eigenvalue weighted by atomic mass is 35.5. The second-order valence-electron chi connectivity index (χ2n) is 8.97. The molecular formula is C28H28Cl2N2O2. The van der Waals surface area contributed by atoms with Crippen LogP contribution in [0.2, 0.25) is 10.0 Å². The molecule has 0 radical (unpaired) electrons. The minimum absolute atomic E-state index is 0.00508. The number of para-hydroxylation sites is 1. The van der Waals surface area contributed by atoms with Gasteiger partial charge in [-0.15, -0.1) is 0 Å². The van der Waals surface area contributed by atoms with E-state index in [1.807, 2.05) is 105 Å². The SMILES string of the molecule is CC(C)Oc1ccccc1C1=NC(c2ccc(Cl)cc2)C(c2ccc(Cl)cc2)N1C(=O)C(C)C. The van der Waals surface area contributed by atoms with E-state index >= 15 is 0 Å². The van der Waals surface area contributed by atoms with Gasteiger partial charge in [-0.2, -0.15) is 0 Å². The number of carbonyl (C=O) groups is 1. The van der Waals surface area contributed by atoms with Crippen molar-refractivity contribution in [2.24, 2.45) is 10.9 Å². The third-order valence-corrected chi connectivity index (χ3v) is 6.22. The first kappa shape index (κ1) is 24.3. The summed E-state index contributed by atoms with van der Waals surface area (Å²) in [5, 5.41) is 1.29. The van der Waals surface area contributed by atoms with Crippen LogP contribution in [0.3, 0.4) is 0 Å². The predicted molar refractivity (Wildman–Crippen MR) is 139 cm³/mol. The van der Waals surface area contributed by atoms with E-state index in [4.69, 9.17) is 32.9 Å². The third kappa shape index (κ3) is 4.98. The average molecular weight is 495 g/mol. The van der Waals surface area contributed by atoms with Crippen LogP contribution in [0.1, 0.15) is 56.5 Å². The number of aliphatic imine (C=N–C) groups is 1. The molecule has 0 aliphatic carbocycles. The fourth-order valence-electron chi connectivity index (χ4n) is 4.17. The monoisotopic (exact) mass is 494 g/mol. The Bertz CT molecular complexity index is 1190. The largest absolute Gasteiger partial charge is 0.490 e. The number of halogens is 2. The Morgan fingerprint density at radius 3 is 1.97 bits per heavy atom. The first-order valence-electron chi connectivity index (χ1n) is 11.4. The van der Waals surface area contributed by atoms with E-state index in [1.54, 1.807) is 0 Å². The van der Waals surface area contributed by atoms with Gasteiger partial charge in [0.25, 0.3) is 0 Å². The van der Waals surface area contributed by atoms with Gasteiger partial charge in [-0.25, -0.2) is 0 Å². The zero-order valence-electron chi connectivity index (χ0n) is 19.7. The van der Waals surface area contributed by atoms with E-state index in [0.717, 1.165) is 16.7 Å². The summed E-state index contributed by atoms with van der Waals surface area (Å²) in [4.78, 5) is 20.7. The number of rotatable bonds is 6. The topological polar surface area (TPSA) is 41.9 Å². The molecular weight excluding hydrogens is 467 g/mol. The van der Waals surface area contributed by atoms with Crippen LogP contribution in [0.25, 0.3) is 0 Å². The predicted octanol–water partition coefficient (Wildman–Crippen LogP) is 7.51. The van der Waals surface area contributed by atoms with E-state index < -0.39 is 0 Å². The lowest BCUT2D eigenvalue weighted by Gasteiger charge is -2.31. The van der Waals surface area contributed by atoms with Gasteiger partial charge in [0.1, 0.15) is 17.6 Å². The molecule has 2 unspecified atom stereocenters. The number of ether oxygens (including phenoxy) is 1. The Morgan fingerprint density at radius 2 is 1.41 bits per heavy atom. The van der Waals surface area contributed by atoms with Gasteiger partial charge >= 0.3 is 0 Å². The minimum atomic E-state index is -0.338. The Balaban J connectivity index is 1.93. The maximum atomic E-state index is 13.7. The van der Waals surface area contributed by atoms with E-state index in [9.17, 15) is 4.79 Å². The van der Waals surface area contributed by atoms with Crippen molar-refractivity contribution >= 4 is 34.9 Å². The molecule has 0 saturated carbocycles. The van der Waals surface area contributed by atoms with Crippen molar-refractivity contribution in [1.82, 2.24) is 4.90 Å². The van der Waals surface area contributed by atoms with Crippen LogP contribution in [0, 0.1) is 5.92 Å². The van der Waals surface area contributed by atoms with Gasteiger partial charge in [-0.3, -0.25) is 14.7 Å². The summed E-state index contributed by atoms with van der Waals surface area (Å²) >= 11 is 12.4. The molecule has 2 atom stereocenters. The molecule has 176 valence electrons. The molecule has 3 aromatic carbocycles. The van der Waals surface area contributed by atoms with Crippen LogP contribution in [0.15, 0.2) is 77.8 Å². The molecule has 0 fully saturated rings. The maximum Gasteiger partial charge on any atom is 0.231 e. The Labute approximate surface area is 211 Å². The molecule has 1 aliphatic rings. The quantitative estimate of drug-likeness (QED) is 0.355. The Hall–Kier alpha value is -2.82. The van der Waals surface area contributed by atoms with Crippen LogP contribution in [0.4, 0.5) is 0 Å². The van der Waals surface area contributed by atoms with Gasteiger partial charge in [-0.1, -0.05) is 73.4 Å². The summed E-state index contributed by atoms with van der Waals surface area (Å²) in [6.07, 6.45) is -0.0171. The van der Waals surface area contributed by atoms with Crippen molar-refractivity contribution in [2.75, 3.05) is 0 Å². The molecule has 4 rings (SSSR count). The fourth-order valence-corrected chi connectivity index (χ4v) is 4.42. The highest BCUT2D eigenvalue weighted by Gasteiger charge is 2.43. The number of amidine groups is 1. The first-order valence-corrected chi connectivity index (χ1v) is 12.2. The van der Waals surface area contributed by atoms with Gasteiger partial charge in [0, 0.05) is 16.0 Å². The molecule has 1 amide bonds.